The molecule has 4 heteroatoms. The minimum Gasteiger partial charge on any atom is -0.379 e. The third-order valence-corrected chi connectivity index (χ3v) is 3.56. The van der Waals surface area contributed by atoms with Crippen molar-refractivity contribution in [1.29, 1.82) is 0 Å². The Labute approximate surface area is 107 Å². The van der Waals surface area contributed by atoms with Crippen LogP contribution >= 0.6 is 0 Å². The molecule has 1 aliphatic rings. The van der Waals surface area contributed by atoms with Crippen LogP contribution in [0.5, 0.6) is 0 Å². The molecule has 0 spiro atoms. The van der Waals surface area contributed by atoms with Gasteiger partial charge in [0, 0.05) is 31.2 Å². The Hall–Kier alpha value is -1.16. The molecule has 1 atom stereocenters. The van der Waals surface area contributed by atoms with E-state index in [0.717, 1.165) is 19.5 Å². The number of nitrogens with zero attached hydrogens (tertiary/aromatic N) is 1. The number of rotatable bonds is 3. The Morgan fingerprint density at radius 3 is 2.61 bits per heavy atom. The van der Waals surface area contributed by atoms with Crippen LogP contribution in [0.2, 0.25) is 0 Å². The quantitative estimate of drug-likeness (QED) is 0.891. The third kappa shape index (κ3) is 2.80. The number of halogens is 2. The van der Waals surface area contributed by atoms with E-state index in [9.17, 15) is 8.78 Å². The number of likely N-dealkylation sites (tertiary alicyclic amines) is 1. The normalized spacial score (nSPS) is 20.7. The molecule has 100 valence electrons. The number of hydrogen-bond acceptors (Lipinski definition) is 2. The van der Waals surface area contributed by atoms with Crippen molar-refractivity contribution in [2.45, 2.75) is 39.3 Å². The molecule has 1 aromatic rings. The summed E-state index contributed by atoms with van der Waals surface area (Å²) < 4.78 is 27.1. The molecule has 2 nitrogen and oxygen atoms in total. The van der Waals surface area contributed by atoms with Gasteiger partial charge in [-0.2, -0.15) is 0 Å². The maximum atomic E-state index is 13.7. The molecule has 18 heavy (non-hydrogen) atoms. The van der Waals surface area contributed by atoms with Crippen LogP contribution in [0.4, 0.5) is 14.5 Å². The molecule has 0 aliphatic carbocycles. The van der Waals surface area contributed by atoms with Gasteiger partial charge in [0.1, 0.15) is 11.6 Å². The van der Waals surface area contributed by atoms with Gasteiger partial charge in [-0.25, -0.2) is 8.78 Å². The average molecular weight is 254 g/mol. The molecule has 0 aromatic heterocycles. The van der Waals surface area contributed by atoms with Crippen molar-refractivity contribution in [2.24, 2.45) is 0 Å². The van der Waals surface area contributed by atoms with Gasteiger partial charge in [0.25, 0.3) is 0 Å². The topological polar surface area (TPSA) is 15.3 Å². The van der Waals surface area contributed by atoms with Gasteiger partial charge in [-0.3, -0.25) is 4.90 Å². The summed E-state index contributed by atoms with van der Waals surface area (Å²) in [6.45, 7) is 7.75. The first-order valence-electron chi connectivity index (χ1n) is 6.43. The largest absolute Gasteiger partial charge is 0.379 e. The summed E-state index contributed by atoms with van der Waals surface area (Å²) in [6.07, 6.45) is 0.965. The number of anilines is 1. The number of aryl methyl sites for hydroxylation is 1. The van der Waals surface area contributed by atoms with Crippen LogP contribution in [0.15, 0.2) is 12.1 Å². The van der Waals surface area contributed by atoms with Gasteiger partial charge in [0.05, 0.1) is 5.69 Å². The molecular weight excluding hydrogens is 234 g/mol. The van der Waals surface area contributed by atoms with E-state index in [1.807, 2.05) is 0 Å². The Morgan fingerprint density at radius 2 is 2.00 bits per heavy atom. The summed E-state index contributed by atoms with van der Waals surface area (Å²) in [4.78, 5) is 2.33. The van der Waals surface area contributed by atoms with Crippen molar-refractivity contribution in [2.75, 3.05) is 18.4 Å². The van der Waals surface area contributed by atoms with Crippen LogP contribution in [-0.4, -0.2) is 30.1 Å². The monoisotopic (exact) mass is 254 g/mol. The van der Waals surface area contributed by atoms with Crippen LogP contribution in [-0.2, 0) is 0 Å². The van der Waals surface area contributed by atoms with Crippen LogP contribution in [0.25, 0.3) is 0 Å². The molecule has 1 heterocycles. The van der Waals surface area contributed by atoms with Crippen molar-refractivity contribution in [3.63, 3.8) is 0 Å². The van der Waals surface area contributed by atoms with Crippen LogP contribution in [0.1, 0.15) is 25.8 Å². The number of nitrogens with one attached hydrogen (secondary N) is 1. The zero-order chi connectivity index (χ0) is 13.3. The third-order valence-electron chi connectivity index (χ3n) is 3.56. The highest BCUT2D eigenvalue weighted by atomic mass is 19.1. The van der Waals surface area contributed by atoms with E-state index in [1.54, 1.807) is 6.92 Å². The van der Waals surface area contributed by atoms with E-state index in [1.165, 1.54) is 12.1 Å². The second-order valence-corrected chi connectivity index (χ2v) is 5.30. The fourth-order valence-corrected chi connectivity index (χ4v) is 2.35. The van der Waals surface area contributed by atoms with Gasteiger partial charge in [-0.05, 0) is 38.8 Å². The Balaban J connectivity index is 2.05. The first-order valence-corrected chi connectivity index (χ1v) is 6.43. The number of benzene rings is 1. The van der Waals surface area contributed by atoms with Gasteiger partial charge in [0.2, 0.25) is 0 Å². The van der Waals surface area contributed by atoms with Gasteiger partial charge in [-0.1, -0.05) is 0 Å². The molecule has 0 bridgehead atoms. The molecule has 1 unspecified atom stereocenters. The van der Waals surface area contributed by atoms with Gasteiger partial charge in [-0.15, -0.1) is 0 Å². The van der Waals surface area contributed by atoms with Crippen molar-refractivity contribution in [3.05, 3.63) is 29.3 Å². The van der Waals surface area contributed by atoms with E-state index < -0.39 is 0 Å². The summed E-state index contributed by atoms with van der Waals surface area (Å²) in [5, 5.41) is 3.11. The van der Waals surface area contributed by atoms with E-state index in [-0.39, 0.29) is 23.4 Å². The van der Waals surface area contributed by atoms with E-state index in [0.29, 0.717) is 11.6 Å². The number of hydrogen-bond donors (Lipinski definition) is 1. The summed E-state index contributed by atoms with van der Waals surface area (Å²) in [5.41, 5.74) is 0.613. The second kappa shape index (κ2) is 5.22. The Kier molecular flexibility index (Phi) is 3.85. The highest BCUT2D eigenvalue weighted by molar-refractivity contribution is 5.47. The summed E-state index contributed by atoms with van der Waals surface area (Å²) in [7, 11) is 0. The molecule has 1 N–H and O–H groups in total. The molecule has 1 fully saturated rings. The van der Waals surface area contributed by atoms with Crippen LogP contribution < -0.4 is 5.32 Å². The van der Waals surface area contributed by atoms with Crippen LogP contribution in [0.3, 0.4) is 0 Å². The maximum absolute atomic E-state index is 13.7. The second-order valence-electron chi connectivity index (χ2n) is 5.30. The lowest BCUT2D eigenvalue weighted by molar-refractivity contribution is 0.274. The van der Waals surface area contributed by atoms with Gasteiger partial charge in [0.15, 0.2) is 0 Å². The lowest BCUT2D eigenvalue weighted by Crippen LogP contribution is -2.31. The highest BCUT2D eigenvalue weighted by Crippen LogP contribution is 2.22. The van der Waals surface area contributed by atoms with Crippen LogP contribution in [0, 0.1) is 18.6 Å². The minimum atomic E-state index is -0.378. The zero-order valence-electron chi connectivity index (χ0n) is 11.1. The molecule has 0 radical (unpaired) electrons. The van der Waals surface area contributed by atoms with E-state index in [2.05, 4.69) is 24.1 Å². The Morgan fingerprint density at radius 1 is 1.28 bits per heavy atom. The van der Waals surface area contributed by atoms with E-state index >= 15 is 0 Å². The molecule has 1 saturated heterocycles. The van der Waals surface area contributed by atoms with Gasteiger partial charge >= 0.3 is 0 Å². The smallest absolute Gasteiger partial charge is 0.146 e. The van der Waals surface area contributed by atoms with Crippen molar-refractivity contribution >= 4 is 5.69 Å². The lowest BCUT2D eigenvalue weighted by atomic mass is 10.2. The Bertz CT molecular complexity index is 432. The fourth-order valence-electron chi connectivity index (χ4n) is 2.35. The zero-order valence-corrected chi connectivity index (χ0v) is 11.1. The fraction of sp³-hybridized carbons (Fsp3) is 0.571. The standard InChI is InChI=1S/C14H20F2N2/c1-9(2)18-5-4-11(8-18)17-14-7-12(15)10(3)6-13(14)16/h6-7,9,11,17H,4-5,8H2,1-3H3. The first kappa shape index (κ1) is 13.3. The SMILES string of the molecule is Cc1cc(F)c(NC2CCN(C(C)C)C2)cc1F. The van der Waals surface area contributed by atoms with Gasteiger partial charge < -0.3 is 5.32 Å². The molecule has 0 saturated carbocycles. The molecular formula is C14H20F2N2. The van der Waals surface area contributed by atoms with Crippen molar-refractivity contribution < 1.29 is 8.78 Å². The predicted octanol–water partition coefficient (Wildman–Crippen LogP) is 3.17. The molecule has 1 aliphatic heterocycles. The first-order chi connectivity index (χ1) is 8.47. The summed E-state index contributed by atoms with van der Waals surface area (Å²) >= 11 is 0. The van der Waals surface area contributed by atoms with E-state index in [4.69, 9.17) is 0 Å². The highest BCUT2D eigenvalue weighted by Gasteiger charge is 2.24. The van der Waals surface area contributed by atoms with Crippen molar-refractivity contribution in [3.8, 4) is 0 Å². The summed E-state index contributed by atoms with van der Waals surface area (Å²) in [5.74, 6) is -0.741. The molecule has 0 amide bonds. The maximum Gasteiger partial charge on any atom is 0.146 e. The lowest BCUT2D eigenvalue weighted by Gasteiger charge is -2.21. The molecule has 1 aromatic carbocycles. The average Bonchev–Trinajstić information content (AvgIpc) is 2.74. The minimum absolute atomic E-state index is 0.198. The predicted molar refractivity (Wildman–Crippen MR) is 69.8 cm³/mol. The summed E-state index contributed by atoms with van der Waals surface area (Å²) in [6, 6.07) is 3.19. The van der Waals surface area contributed by atoms with Crippen molar-refractivity contribution in [1.82, 2.24) is 4.90 Å². The molecule has 2 rings (SSSR count).